The van der Waals surface area contributed by atoms with E-state index in [1.54, 1.807) is 19.1 Å². The van der Waals surface area contributed by atoms with Crippen LogP contribution < -0.4 is 0 Å². The first-order valence-corrected chi connectivity index (χ1v) is 7.00. The predicted molar refractivity (Wildman–Crippen MR) is 75.0 cm³/mol. The van der Waals surface area contributed by atoms with Gasteiger partial charge in [0.2, 0.25) is 0 Å². The summed E-state index contributed by atoms with van der Waals surface area (Å²) in [4.78, 5) is 15.3. The van der Waals surface area contributed by atoms with E-state index in [-0.39, 0.29) is 5.82 Å². The largest absolute Gasteiger partial charge is 0.480 e. The summed E-state index contributed by atoms with van der Waals surface area (Å²) in [7, 11) is 0. The molecule has 0 bridgehead atoms. The number of hydrogen-bond acceptors (Lipinski definition) is 3. The summed E-state index contributed by atoms with van der Waals surface area (Å²) < 4.78 is 12.9. The first-order valence-electron chi connectivity index (χ1n) is 7.00. The minimum atomic E-state index is -0.767. The number of hydrogen-bond donors (Lipinski definition) is 1. The molecule has 20 heavy (non-hydrogen) atoms. The van der Waals surface area contributed by atoms with E-state index in [1.165, 1.54) is 12.1 Å². The molecule has 1 aromatic rings. The molecule has 0 aliphatic carbocycles. The van der Waals surface area contributed by atoms with E-state index in [2.05, 4.69) is 4.90 Å². The standard InChI is InChI=1S/C15H21FN2O2/c1-12(15(19)20)18-8-2-7-17(9-10-18)11-13-3-5-14(16)6-4-13/h3-6,12H,2,7-11H2,1H3,(H,19,20)/t12-/m1/s1. The Balaban J connectivity index is 1.89. The van der Waals surface area contributed by atoms with Crippen molar-refractivity contribution in [3.05, 3.63) is 35.6 Å². The average molecular weight is 280 g/mol. The third-order valence-corrected chi connectivity index (χ3v) is 3.85. The van der Waals surface area contributed by atoms with Gasteiger partial charge in [0.25, 0.3) is 0 Å². The van der Waals surface area contributed by atoms with Gasteiger partial charge in [-0.25, -0.2) is 4.39 Å². The van der Waals surface area contributed by atoms with E-state index < -0.39 is 12.0 Å². The Labute approximate surface area is 118 Å². The summed E-state index contributed by atoms with van der Waals surface area (Å²) in [5, 5.41) is 9.06. The maximum Gasteiger partial charge on any atom is 0.320 e. The first-order chi connectivity index (χ1) is 9.56. The average Bonchev–Trinajstić information content (AvgIpc) is 2.66. The SMILES string of the molecule is C[C@H](C(=O)O)N1CCCN(Cc2ccc(F)cc2)CC1. The fourth-order valence-corrected chi connectivity index (χ4v) is 2.54. The van der Waals surface area contributed by atoms with Gasteiger partial charge in [-0.15, -0.1) is 0 Å². The summed E-state index contributed by atoms with van der Waals surface area (Å²) in [6.45, 7) is 5.88. The van der Waals surface area contributed by atoms with Crippen molar-refractivity contribution in [1.29, 1.82) is 0 Å². The van der Waals surface area contributed by atoms with Crippen LogP contribution in [-0.4, -0.2) is 53.1 Å². The van der Waals surface area contributed by atoms with Crippen molar-refractivity contribution in [2.75, 3.05) is 26.2 Å². The molecule has 0 spiro atoms. The highest BCUT2D eigenvalue weighted by molar-refractivity contribution is 5.72. The van der Waals surface area contributed by atoms with E-state index in [0.29, 0.717) is 0 Å². The van der Waals surface area contributed by atoms with Crippen LogP contribution in [0.25, 0.3) is 0 Å². The highest BCUT2D eigenvalue weighted by Gasteiger charge is 2.23. The number of nitrogens with zero attached hydrogens (tertiary/aromatic N) is 2. The number of halogens is 1. The number of carbonyl (C=O) groups is 1. The molecule has 4 nitrogen and oxygen atoms in total. The zero-order chi connectivity index (χ0) is 14.5. The fraction of sp³-hybridized carbons (Fsp3) is 0.533. The van der Waals surface area contributed by atoms with Crippen LogP contribution in [0.5, 0.6) is 0 Å². The molecule has 1 heterocycles. The molecule has 0 saturated carbocycles. The summed E-state index contributed by atoms with van der Waals surface area (Å²) in [6.07, 6.45) is 0.957. The van der Waals surface area contributed by atoms with Crippen molar-refractivity contribution in [2.24, 2.45) is 0 Å². The molecule has 2 rings (SSSR count). The normalized spacial score (nSPS) is 19.5. The molecule has 1 N–H and O–H groups in total. The topological polar surface area (TPSA) is 43.8 Å². The Morgan fingerprint density at radius 1 is 1.25 bits per heavy atom. The number of carboxylic acids is 1. The Hall–Kier alpha value is -1.46. The Morgan fingerprint density at radius 3 is 2.60 bits per heavy atom. The fourth-order valence-electron chi connectivity index (χ4n) is 2.54. The second kappa shape index (κ2) is 6.81. The van der Waals surface area contributed by atoms with Crippen LogP contribution in [0.4, 0.5) is 4.39 Å². The van der Waals surface area contributed by atoms with E-state index in [0.717, 1.165) is 44.7 Å². The van der Waals surface area contributed by atoms with Crippen molar-refractivity contribution in [3.8, 4) is 0 Å². The van der Waals surface area contributed by atoms with Gasteiger partial charge in [-0.1, -0.05) is 12.1 Å². The molecule has 110 valence electrons. The highest BCUT2D eigenvalue weighted by atomic mass is 19.1. The Bertz CT molecular complexity index is 450. The summed E-state index contributed by atoms with van der Waals surface area (Å²) in [6, 6.07) is 6.13. The predicted octanol–water partition coefficient (Wildman–Crippen LogP) is 1.81. The van der Waals surface area contributed by atoms with Crippen LogP contribution in [0.2, 0.25) is 0 Å². The number of benzene rings is 1. The lowest BCUT2D eigenvalue weighted by molar-refractivity contribution is -0.142. The monoisotopic (exact) mass is 280 g/mol. The van der Waals surface area contributed by atoms with Crippen molar-refractivity contribution in [1.82, 2.24) is 9.80 Å². The molecular weight excluding hydrogens is 259 g/mol. The van der Waals surface area contributed by atoms with Gasteiger partial charge in [-0.2, -0.15) is 0 Å². The van der Waals surface area contributed by atoms with Crippen LogP contribution >= 0.6 is 0 Å². The molecule has 5 heteroatoms. The molecule has 1 saturated heterocycles. The van der Waals surface area contributed by atoms with Gasteiger partial charge in [0.1, 0.15) is 11.9 Å². The molecule has 1 aliphatic heterocycles. The van der Waals surface area contributed by atoms with Gasteiger partial charge in [-0.05, 0) is 37.6 Å². The van der Waals surface area contributed by atoms with Crippen molar-refractivity contribution < 1.29 is 14.3 Å². The van der Waals surface area contributed by atoms with E-state index in [1.807, 2.05) is 4.90 Å². The van der Waals surface area contributed by atoms with E-state index in [9.17, 15) is 9.18 Å². The third-order valence-electron chi connectivity index (χ3n) is 3.85. The smallest absolute Gasteiger partial charge is 0.320 e. The van der Waals surface area contributed by atoms with Crippen molar-refractivity contribution in [3.63, 3.8) is 0 Å². The van der Waals surface area contributed by atoms with E-state index in [4.69, 9.17) is 5.11 Å². The van der Waals surface area contributed by atoms with Crippen LogP contribution in [0, 0.1) is 5.82 Å². The summed E-state index contributed by atoms with van der Waals surface area (Å²) in [5.74, 6) is -0.983. The molecule has 1 fully saturated rings. The summed E-state index contributed by atoms with van der Waals surface area (Å²) >= 11 is 0. The number of aliphatic carboxylic acids is 1. The molecule has 0 aromatic heterocycles. The van der Waals surface area contributed by atoms with Crippen LogP contribution in [0.1, 0.15) is 18.9 Å². The molecule has 0 unspecified atom stereocenters. The van der Waals surface area contributed by atoms with Crippen LogP contribution in [-0.2, 0) is 11.3 Å². The molecule has 1 aliphatic rings. The van der Waals surface area contributed by atoms with Gasteiger partial charge in [0.05, 0.1) is 0 Å². The molecular formula is C15H21FN2O2. The highest BCUT2D eigenvalue weighted by Crippen LogP contribution is 2.11. The maximum atomic E-state index is 12.9. The van der Waals surface area contributed by atoms with Crippen molar-refractivity contribution >= 4 is 5.97 Å². The van der Waals surface area contributed by atoms with Crippen LogP contribution in [0.15, 0.2) is 24.3 Å². The van der Waals surface area contributed by atoms with Gasteiger partial charge in [0, 0.05) is 26.2 Å². The molecule has 1 atom stereocenters. The number of carboxylic acid groups (broad SMARTS) is 1. The lowest BCUT2D eigenvalue weighted by atomic mass is 10.2. The second-order valence-corrected chi connectivity index (χ2v) is 5.31. The van der Waals surface area contributed by atoms with Gasteiger partial charge in [-0.3, -0.25) is 14.6 Å². The lowest BCUT2D eigenvalue weighted by Gasteiger charge is -2.24. The minimum Gasteiger partial charge on any atom is -0.480 e. The van der Waals surface area contributed by atoms with Crippen LogP contribution in [0.3, 0.4) is 0 Å². The van der Waals surface area contributed by atoms with Crippen molar-refractivity contribution in [2.45, 2.75) is 25.9 Å². The van der Waals surface area contributed by atoms with Gasteiger partial charge >= 0.3 is 5.97 Å². The lowest BCUT2D eigenvalue weighted by Crippen LogP contribution is -2.41. The second-order valence-electron chi connectivity index (χ2n) is 5.31. The molecule has 1 aromatic carbocycles. The zero-order valence-corrected chi connectivity index (χ0v) is 11.8. The van der Waals surface area contributed by atoms with Gasteiger partial charge in [0.15, 0.2) is 0 Å². The molecule has 0 amide bonds. The number of rotatable bonds is 4. The van der Waals surface area contributed by atoms with E-state index >= 15 is 0 Å². The quantitative estimate of drug-likeness (QED) is 0.913. The summed E-state index contributed by atoms with van der Waals surface area (Å²) in [5.41, 5.74) is 1.09. The Kier molecular flexibility index (Phi) is 5.09. The first kappa shape index (κ1) is 14.9. The molecule has 0 radical (unpaired) electrons. The third kappa shape index (κ3) is 4.02. The zero-order valence-electron chi connectivity index (χ0n) is 11.8. The minimum absolute atomic E-state index is 0.217. The van der Waals surface area contributed by atoms with Gasteiger partial charge < -0.3 is 5.11 Å². The Morgan fingerprint density at radius 2 is 1.95 bits per heavy atom. The maximum absolute atomic E-state index is 12.9.